The highest BCUT2D eigenvalue weighted by Crippen LogP contribution is 1.95. The van der Waals surface area contributed by atoms with Crippen LogP contribution >= 0.6 is 0 Å². The van der Waals surface area contributed by atoms with Crippen LogP contribution in [0.3, 0.4) is 0 Å². The number of hydrogen-bond donors (Lipinski definition) is 2. The number of nitrogens with zero attached hydrogens (tertiary/aromatic N) is 1. The second kappa shape index (κ2) is 5.73. The zero-order valence-corrected chi connectivity index (χ0v) is 8.77. The first kappa shape index (κ1) is 11.1. The lowest BCUT2D eigenvalue weighted by atomic mass is 10.2. The van der Waals surface area contributed by atoms with Crippen LogP contribution in [0.4, 0.5) is 0 Å². The first-order valence-electron chi connectivity index (χ1n) is 5.01. The summed E-state index contributed by atoms with van der Waals surface area (Å²) in [5.74, 6) is 0. The molecule has 0 spiro atoms. The largest absolute Gasteiger partial charge is 0.392 e. The minimum absolute atomic E-state index is 0.138. The van der Waals surface area contributed by atoms with Crippen molar-refractivity contribution in [2.45, 2.75) is 32.4 Å². The average molecular weight is 194 g/mol. The van der Waals surface area contributed by atoms with Crippen LogP contribution in [-0.2, 0) is 6.42 Å². The first-order chi connectivity index (χ1) is 6.70. The Labute approximate surface area is 85.2 Å². The van der Waals surface area contributed by atoms with E-state index in [4.69, 9.17) is 0 Å². The summed E-state index contributed by atoms with van der Waals surface area (Å²) < 4.78 is 0. The molecular formula is C11H18N2O. The van der Waals surface area contributed by atoms with Crippen LogP contribution in [0.1, 0.15) is 19.5 Å². The van der Waals surface area contributed by atoms with E-state index in [1.54, 1.807) is 13.1 Å². The van der Waals surface area contributed by atoms with Gasteiger partial charge in [0.15, 0.2) is 0 Å². The summed E-state index contributed by atoms with van der Waals surface area (Å²) in [6.45, 7) is 4.62. The van der Waals surface area contributed by atoms with Crippen LogP contribution in [0, 0.1) is 0 Å². The number of rotatable bonds is 5. The van der Waals surface area contributed by atoms with Crippen molar-refractivity contribution < 1.29 is 5.11 Å². The molecule has 2 atom stereocenters. The third-order valence-corrected chi connectivity index (χ3v) is 2.30. The molecule has 0 radical (unpaired) electrons. The highest BCUT2D eigenvalue weighted by Gasteiger charge is 2.06. The van der Waals surface area contributed by atoms with Gasteiger partial charge >= 0.3 is 0 Å². The van der Waals surface area contributed by atoms with E-state index in [1.807, 2.05) is 25.1 Å². The summed E-state index contributed by atoms with van der Waals surface area (Å²) in [6, 6.07) is 6.04. The van der Waals surface area contributed by atoms with E-state index in [0.717, 1.165) is 18.7 Å². The molecule has 1 heterocycles. The van der Waals surface area contributed by atoms with Gasteiger partial charge < -0.3 is 10.4 Å². The molecule has 0 fully saturated rings. The number of aliphatic hydroxyl groups excluding tert-OH is 1. The van der Waals surface area contributed by atoms with Crippen LogP contribution in [0.2, 0.25) is 0 Å². The zero-order chi connectivity index (χ0) is 10.4. The predicted molar refractivity (Wildman–Crippen MR) is 57.1 cm³/mol. The monoisotopic (exact) mass is 194 g/mol. The van der Waals surface area contributed by atoms with Crippen LogP contribution < -0.4 is 5.32 Å². The van der Waals surface area contributed by atoms with Gasteiger partial charge in [-0.2, -0.15) is 0 Å². The molecule has 0 aliphatic rings. The Bertz CT molecular complexity index is 249. The lowest BCUT2D eigenvalue weighted by Crippen LogP contribution is -2.36. The number of pyridine rings is 1. The molecule has 1 rings (SSSR count). The molecule has 78 valence electrons. The van der Waals surface area contributed by atoms with Crippen LogP contribution in [0.15, 0.2) is 24.4 Å². The van der Waals surface area contributed by atoms with E-state index in [0.29, 0.717) is 0 Å². The van der Waals surface area contributed by atoms with E-state index in [1.165, 1.54) is 0 Å². The van der Waals surface area contributed by atoms with Crippen LogP contribution in [0.25, 0.3) is 0 Å². The Balaban J connectivity index is 2.22. The maximum Gasteiger partial charge on any atom is 0.0662 e. The summed E-state index contributed by atoms with van der Waals surface area (Å²) >= 11 is 0. The van der Waals surface area contributed by atoms with E-state index in [9.17, 15) is 5.11 Å². The van der Waals surface area contributed by atoms with Gasteiger partial charge in [0.2, 0.25) is 0 Å². The van der Waals surface area contributed by atoms with Gasteiger partial charge in [-0.25, -0.2) is 0 Å². The van der Waals surface area contributed by atoms with Gasteiger partial charge in [-0.3, -0.25) is 4.98 Å². The van der Waals surface area contributed by atoms with Crippen molar-refractivity contribution in [3.8, 4) is 0 Å². The molecule has 0 saturated carbocycles. The standard InChI is InChI=1S/C11H18N2O/c1-9(10(2)14)12-8-6-11-5-3-4-7-13-11/h3-5,7,9-10,12,14H,6,8H2,1-2H3. The predicted octanol–water partition coefficient (Wildman–Crippen LogP) is 0.983. The maximum absolute atomic E-state index is 9.24. The Morgan fingerprint density at radius 3 is 2.79 bits per heavy atom. The second-order valence-electron chi connectivity index (χ2n) is 3.55. The number of nitrogens with one attached hydrogen (secondary N) is 1. The summed E-state index contributed by atoms with van der Waals surface area (Å²) in [6.07, 6.45) is 2.39. The quantitative estimate of drug-likeness (QED) is 0.734. The molecule has 3 heteroatoms. The molecule has 1 aromatic heterocycles. The number of hydrogen-bond acceptors (Lipinski definition) is 3. The summed E-state index contributed by atoms with van der Waals surface area (Å²) in [7, 11) is 0. The average Bonchev–Trinajstić information content (AvgIpc) is 2.19. The topological polar surface area (TPSA) is 45.1 Å². The fraction of sp³-hybridized carbons (Fsp3) is 0.545. The molecule has 0 amide bonds. The number of aromatic nitrogens is 1. The van der Waals surface area contributed by atoms with Gasteiger partial charge in [-0.05, 0) is 26.0 Å². The van der Waals surface area contributed by atoms with Crippen molar-refractivity contribution in [3.63, 3.8) is 0 Å². The minimum atomic E-state index is -0.307. The molecule has 0 aromatic carbocycles. The molecule has 0 aliphatic carbocycles. The van der Waals surface area contributed by atoms with Gasteiger partial charge in [0, 0.05) is 30.9 Å². The maximum atomic E-state index is 9.24. The highest BCUT2D eigenvalue weighted by atomic mass is 16.3. The van der Waals surface area contributed by atoms with Crippen molar-refractivity contribution in [3.05, 3.63) is 30.1 Å². The van der Waals surface area contributed by atoms with E-state index in [2.05, 4.69) is 10.3 Å². The number of aliphatic hydroxyl groups is 1. The van der Waals surface area contributed by atoms with Crippen LogP contribution in [-0.4, -0.2) is 28.8 Å². The summed E-state index contributed by atoms with van der Waals surface area (Å²) in [4.78, 5) is 4.22. The van der Waals surface area contributed by atoms with Gasteiger partial charge in [-0.15, -0.1) is 0 Å². The third kappa shape index (κ3) is 3.85. The van der Waals surface area contributed by atoms with Gasteiger partial charge in [-0.1, -0.05) is 6.07 Å². The van der Waals surface area contributed by atoms with E-state index >= 15 is 0 Å². The lowest BCUT2D eigenvalue weighted by Gasteiger charge is -2.15. The lowest BCUT2D eigenvalue weighted by molar-refractivity contribution is 0.153. The fourth-order valence-electron chi connectivity index (χ4n) is 1.14. The van der Waals surface area contributed by atoms with Crippen molar-refractivity contribution >= 4 is 0 Å². The van der Waals surface area contributed by atoms with Crippen LogP contribution in [0.5, 0.6) is 0 Å². The van der Waals surface area contributed by atoms with Gasteiger partial charge in [0.1, 0.15) is 0 Å². The normalized spacial score (nSPS) is 15.1. The molecule has 3 nitrogen and oxygen atoms in total. The van der Waals surface area contributed by atoms with E-state index in [-0.39, 0.29) is 12.1 Å². The SMILES string of the molecule is CC(O)C(C)NCCc1ccccn1. The molecule has 2 unspecified atom stereocenters. The van der Waals surface area contributed by atoms with Crippen molar-refractivity contribution in [2.75, 3.05) is 6.54 Å². The molecule has 0 saturated heterocycles. The fourth-order valence-corrected chi connectivity index (χ4v) is 1.14. The highest BCUT2D eigenvalue weighted by molar-refractivity contribution is 5.03. The van der Waals surface area contributed by atoms with Crippen molar-refractivity contribution in [1.82, 2.24) is 10.3 Å². The zero-order valence-electron chi connectivity index (χ0n) is 8.77. The second-order valence-corrected chi connectivity index (χ2v) is 3.55. The van der Waals surface area contributed by atoms with Crippen molar-refractivity contribution in [1.29, 1.82) is 0 Å². The molecule has 14 heavy (non-hydrogen) atoms. The minimum Gasteiger partial charge on any atom is -0.392 e. The van der Waals surface area contributed by atoms with Gasteiger partial charge in [0.25, 0.3) is 0 Å². The summed E-state index contributed by atoms with van der Waals surface area (Å²) in [5, 5.41) is 12.5. The Morgan fingerprint density at radius 2 is 2.21 bits per heavy atom. The molecule has 0 bridgehead atoms. The van der Waals surface area contributed by atoms with E-state index < -0.39 is 0 Å². The molecule has 0 aliphatic heterocycles. The smallest absolute Gasteiger partial charge is 0.0662 e. The summed E-state index contributed by atoms with van der Waals surface area (Å²) in [5.41, 5.74) is 1.08. The molecule has 1 aromatic rings. The van der Waals surface area contributed by atoms with Crippen molar-refractivity contribution in [2.24, 2.45) is 0 Å². The Kier molecular flexibility index (Phi) is 4.56. The molecular weight excluding hydrogens is 176 g/mol. The Hall–Kier alpha value is -0.930. The first-order valence-corrected chi connectivity index (χ1v) is 5.01. The Morgan fingerprint density at radius 1 is 1.43 bits per heavy atom. The molecule has 2 N–H and O–H groups in total. The third-order valence-electron chi connectivity index (χ3n) is 2.30. The van der Waals surface area contributed by atoms with Gasteiger partial charge in [0.05, 0.1) is 6.10 Å².